The zero-order chi connectivity index (χ0) is 18.6. The van der Waals surface area contributed by atoms with E-state index in [0.29, 0.717) is 17.3 Å². The predicted octanol–water partition coefficient (Wildman–Crippen LogP) is 3.57. The van der Waals surface area contributed by atoms with E-state index >= 15 is 0 Å². The first-order valence-corrected chi connectivity index (χ1v) is 8.95. The molecule has 134 valence electrons. The normalized spacial score (nSPS) is 11.9. The molecule has 0 radical (unpaired) electrons. The first-order valence-electron chi connectivity index (χ1n) is 7.90. The van der Waals surface area contributed by atoms with Crippen molar-refractivity contribution in [3.8, 4) is 5.75 Å². The molecule has 1 amide bonds. The lowest BCUT2D eigenvalue weighted by atomic mass is 10.1. The molecule has 0 fully saturated rings. The zero-order valence-corrected chi connectivity index (χ0v) is 15.8. The number of carbonyl (C=O) groups excluding carboxylic acids is 2. The standard InChI is InChI=1S/C18H22N2O4S/c1-10-6-11(2)17(12(3)7-10)23-16(21)9-25-14(5)18(22)19-15-8-13(4)24-20-15/h6-8,14H,9H2,1-5H3,(H,19,20,22). The molecule has 0 aliphatic rings. The third-order valence-electron chi connectivity index (χ3n) is 3.52. The third kappa shape index (κ3) is 5.35. The molecule has 0 saturated heterocycles. The van der Waals surface area contributed by atoms with E-state index < -0.39 is 5.25 Å². The third-order valence-corrected chi connectivity index (χ3v) is 4.64. The minimum atomic E-state index is -0.426. The molecule has 0 aliphatic carbocycles. The van der Waals surface area contributed by atoms with Crippen molar-refractivity contribution >= 4 is 29.5 Å². The van der Waals surface area contributed by atoms with E-state index in [2.05, 4.69) is 10.5 Å². The summed E-state index contributed by atoms with van der Waals surface area (Å²) in [4.78, 5) is 24.2. The topological polar surface area (TPSA) is 81.4 Å². The lowest BCUT2D eigenvalue weighted by Gasteiger charge is -2.13. The second-order valence-electron chi connectivity index (χ2n) is 5.97. The Morgan fingerprint density at radius 2 is 1.84 bits per heavy atom. The van der Waals surface area contributed by atoms with Gasteiger partial charge in [-0.25, -0.2) is 0 Å². The number of aromatic nitrogens is 1. The molecule has 0 bridgehead atoms. The summed E-state index contributed by atoms with van der Waals surface area (Å²) < 4.78 is 10.4. The zero-order valence-electron chi connectivity index (χ0n) is 15.0. The number of thioether (sulfide) groups is 1. The second-order valence-corrected chi connectivity index (χ2v) is 7.30. The number of carbonyl (C=O) groups is 2. The highest BCUT2D eigenvalue weighted by molar-refractivity contribution is 8.01. The molecule has 1 aromatic carbocycles. The van der Waals surface area contributed by atoms with Crippen LogP contribution in [0.5, 0.6) is 5.75 Å². The van der Waals surface area contributed by atoms with Crippen molar-refractivity contribution in [1.82, 2.24) is 5.16 Å². The molecular formula is C18H22N2O4S. The van der Waals surface area contributed by atoms with Gasteiger partial charge in [-0.05, 0) is 45.7 Å². The highest BCUT2D eigenvalue weighted by Gasteiger charge is 2.18. The number of hydrogen-bond donors (Lipinski definition) is 1. The van der Waals surface area contributed by atoms with Gasteiger partial charge in [0.1, 0.15) is 11.5 Å². The summed E-state index contributed by atoms with van der Waals surface area (Å²) in [6.45, 7) is 9.28. The molecule has 1 unspecified atom stereocenters. The molecule has 1 N–H and O–H groups in total. The molecular weight excluding hydrogens is 340 g/mol. The van der Waals surface area contributed by atoms with Gasteiger partial charge in [0.25, 0.3) is 0 Å². The van der Waals surface area contributed by atoms with Gasteiger partial charge in [0.2, 0.25) is 5.91 Å². The van der Waals surface area contributed by atoms with E-state index in [1.165, 1.54) is 11.8 Å². The molecule has 1 atom stereocenters. The van der Waals surface area contributed by atoms with Gasteiger partial charge >= 0.3 is 5.97 Å². The Morgan fingerprint density at radius 1 is 1.20 bits per heavy atom. The van der Waals surface area contributed by atoms with E-state index in [1.54, 1.807) is 19.9 Å². The fourth-order valence-electron chi connectivity index (χ4n) is 2.39. The van der Waals surface area contributed by atoms with E-state index in [9.17, 15) is 9.59 Å². The number of nitrogens with zero attached hydrogens (tertiary/aromatic N) is 1. The average Bonchev–Trinajstić information content (AvgIpc) is 2.93. The first-order chi connectivity index (χ1) is 11.8. The first kappa shape index (κ1) is 19.1. The molecule has 1 aromatic heterocycles. The molecule has 0 saturated carbocycles. The van der Waals surface area contributed by atoms with Gasteiger partial charge < -0.3 is 14.6 Å². The van der Waals surface area contributed by atoms with Crippen LogP contribution in [-0.2, 0) is 9.59 Å². The van der Waals surface area contributed by atoms with Crippen LogP contribution in [-0.4, -0.2) is 28.0 Å². The summed E-state index contributed by atoms with van der Waals surface area (Å²) in [5.74, 6) is 1.03. The van der Waals surface area contributed by atoms with E-state index in [-0.39, 0.29) is 17.6 Å². The van der Waals surface area contributed by atoms with Gasteiger partial charge in [0.05, 0.1) is 11.0 Å². The summed E-state index contributed by atoms with van der Waals surface area (Å²) in [6.07, 6.45) is 0. The van der Waals surface area contributed by atoms with Gasteiger partial charge in [-0.3, -0.25) is 9.59 Å². The van der Waals surface area contributed by atoms with Crippen molar-refractivity contribution in [2.45, 2.75) is 39.9 Å². The molecule has 2 aromatic rings. The lowest BCUT2D eigenvalue weighted by molar-refractivity contribution is -0.131. The Balaban J connectivity index is 1.86. The smallest absolute Gasteiger partial charge is 0.321 e. The van der Waals surface area contributed by atoms with Crippen LogP contribution in [0, 0.1) is 27.7 Å². The van der Waals surface area contributed by atoms with Crippen molar-refractivity contribution in [3.63, 3.8) is 0 Å². The van der Waals surface area contributed by atoms with Crippen molar-refractivity contribution in [1.29, 1.82) is 0 Å². The maximum atomic E-state index is 12.1. The molecule has 7 heteroatoms. The maximum Gasteiger partial charge on any atom is 0.321 e. The second kappa shape index (κ2) is 8.20. The van der Waals surface area contributed by atoms with E-state index in [0.717, 1.165) is 16.7 Å². The van der Waals surface area contributed by atoms with Gasteiger partial charge in [0, 0.05) is 6.07 Å². The summed E-state index contributed by atoms with van der Waals surface area (Å²) in [6, 6.07) is 5.57. The molecule has 2 rings (SSSR count). The number of aryl methyl sites for hydroxylation is 4. The number of rotatable bonds is 6. The Kier molecular flexibility index (Phi) is 6.25. The number of nitrogens with one attached hydrogen (secondary N) is 1. The fraction of sp³-hybridized carbons (Fsp3) is 0.389. The molecule has 0 spiro atoms. The van der Waals surface area contributed by atoms with Gasteiger partial charge in [0.15, 0.2) is 5.82 Å². The van der Waals surface area contributed by atoms with Crippen LogP contribution in [0.1, 0.15) is 29.4 Å². The summed E-state index contributed by atoms with van der Waals surface area (Å²) in [7, 11) is 0. The highest BCUT2D eigenvalue weighted by Crippen LogP contribution is 2.25. The van der Waals surface area contributed by atoms with Crippen LogP contribution >= 0.6 is 11.8 Å². The SMILES string of the molecule is Cc1cc(C)c(OC(=O)CSC(C)C(=O)Nc2cc(C)on2)c(C)c1. The number of amides is 1. The molecule has 1 heterocycles. The minimum absolute atomic E-state index is 0.0825. The van der Waals surface area contributed by atoms with Gasteiger partial charge in [-0.1, -0.05) is 22.9 Å². The average molecular weight is 362 g/mol. The summed E-state index contributed by atoms with van der Waals surface area (Å²) in [5.41, 5.74) is 2.96. The van der Waals surface area contributed by atoms with Gasteiger partial charge in [-0.2, -0.15) is 0 Å². The molecule has 6 nitrogen and oxygen atoms in total. The van der Waals surface area contributed by atoms with Crippen LogP contribution in [0.4, 0.5) is 5.82 Å². The Bertz CT molecular complexity index is 762. The number of esters is 1. The minimum Gasteiger partial charge on any atom is -0.425 e. The lowest BCUT2D eigenvalue weighted by Crippen LogP contribution is -2.24. The maximum absolute atomic E-state index is 12.1. The summed E-state index contributed by atoms with van der Waals surface area (Å²) in [5, 5.41) is 5.93. The quantitative estimate of drug-likeness (QED) is 0.625. The van der Waals surface area contributed by atoms with Crippen molar-refractivity contribution < 1.29 is 18.8 Å². The van der Waals surface area contributed by atoms with Crippen molar-refractivity contribution in [2.24, 2.45) is 0 Å². The fourth-order valence-corrected chi connectivity index (χ4v) is 3.05. The Labute approximate surface area is 151 Å². The van der Waals surface area contributed by atoms with Crippen molar-refractivity contribution in [3.05, 3.63) is 40.6 Å². The number of hydrogen-bond acceptors (Lipinski definition) is 6. The largest absolute Gasteiger partial charge is 0.425 e. The van der Waals surface area contributed by atoms with Crippen LogP contribution < -0.4 is 10.1 Å². The summed E-state index contributed by atoms with van der Waals surface area (Å²) >= 11 is 1.21. The number of ether oxygens (including phenoxy) is 1. The highest BCUT2D eigenvalue weighted by atomic mass is 32.2. The molecule has 25 heavy (non-hydrogen) atoms. The number of benzene rings is 1. The Morgan fingerprint density at radius 3 is 2.40 bits per heavy atom. The van der Waals surface area contributed by atoms with E-state index in [1.807, 2.05) is 32.9 Å². The number of anilines is 1. The van der Waals surface area contributed by atoms with E-state index in [4.69, 9.17) is 9.26 Å². The van der Waals surface area contributed by atoms with Crippen molar-refractivity contribution in [2.75, 3.05) is 11.1 Å². The Hall–Kier alpha value is -2.28. The van der Waals surface area contributed by atoms with Crippen LogP contribution in [0.2, 0.25) is 0 Å². The monoisotopic (exact) mass is 362 g/mol. The predicted molar refractivity (Wildman–Crippen MR) is 98.1 cm³/mol. The van der Waals surface area contributed by atoms with Crippen LogP contribution in [0.25, 0.3) is 0 Å². The van der Waals surface area contributed by atoms with Crippen LogP contribution in [0.3, 0.4) is 0 Å². The van der Waals surface area contributed by atoms with Crippen LogP contribution in [0.15, 0.2) is 22.7 Å². The molecule has 0 aliphatic heterocycles. The van der Waals surface area contributed by atoms with Gasteiger partial charge in [-0.15, -0.1) is 11.8 Å².